The van der Waals surface area contributed by atoms with Gasteiger partial charge in [-0.25, -0.2) is 0 Å². The molecule has 25 heavy (non-hydrogen) atoms. The van der Waals surface area contributed by atoms with Crippen LogP contribution in [0.2, 0.25) is 5.02 Å². The molecule has 1 saturated heterocycles. The molecular weight excluding hydrogens is 344 g/mol. The van der Waals surface area contributed by atoms with Crippen molar-refractivity contribution < 1.29 is 19.0 Å². The van der Waals surface area contributed by atoms with Crippen molar-refractivity contribution in [2.75, 3.05) is 39.9 Å². The second-order valence-corrected chi connectivity index (χ2v) is 6.60. The van der Waals surface area contributed by atoms with Gasteiger partial charge < -0.3 is 19.5 Å². The van der Waals surface area contributed by atoms with E-state index in [-0.39, 0.29) is 18.1 Å². The maximum atomic E-state index is 12.4. The van der Waals surface area contributed by atoms with Crippen LogP contribution in [0.4, 0.5) is 0 Å². The van der Waals surface area contributed by atoms with Gasteiger partial charge in [-0.05, 0) is 32.9 Å². The van der Waals surface area contributed by atoms with Gasteiger partial charge in [-0.15, -0.1) is 0 Å². The number of amides is 1. The standard InChI is InChI=1S/C18H27ClN2O4/c1-5-24-17-15(19)8-14(9-16(17)23-4)18(22)20-6-7-21-10-12(2)25-13(3)11-21/h8-9,12-13H,5-7,10-11H2,1-4H3,(H,20,22). The van der Waals surface area contributed by atoms with Crippen LogP contribution in [0.3, 0.4) is 0 Å². The normalized spacial score (nSPS) is 21.0. The van der Waals surface area contributed by atoms with E-state index in [1.54, 1.807) is 12.1 Å². The summed E-state index contributed by atoms with van der Waals surface area (Å²) in [6.45, 7) is 9.57. The molecule has 0 saturated carbocycles. The van der Waals surface area contributed by atoms with Gasteiger partial charge in [-0.3, -0.25) is 9.69 Å². The van der Waals surface area contributed by atoms with Crippen molar-refractivity contribution in [3.8, 4) is 11.5 Å². The molecule has 0 bridgehead atoms. The minimum absolute atomic E-state index is 0.183. The SMILES string of the molecule is CCOc1c(Cl)cc(C(=O)NCCN2CC(C)OC(C)C2)cc1OC. The molecule has 1 aromatic carbocycles. The Morgan fingerprint density at radius 2 is 2.04 bits per heavy atom. The maximum Gasteiger partial charge on any atom is 0.251 e. The zero-order valence-corrected chi connectivity index (χ0v) is 16.1. The predicted molar refractivity (Wildman–Crippen MR) is 98.0 cm³/mol. The third kappa shape index (κ3) is 5.49. The first-order valence-corrected chi connectivity index (χ1v) is 8.98. The van der Waals surface area contributed by atoms with Gasteiger partial charge in [-0.1, -0.05) is 11.6 Å². The molecule has 1 aliphatic heterocycles. The van der Waals surface area contributed by atoms with Crippen molar-refractivity contribution in [1.29, 1.82) is 0 Å². The summed E-state index contributed by atoms with van der Waals surface area (Å²) < 4.78 is 16.5. The van der Waals surface area contributed by atoms with Gasteiger partial charge in [-0.2, -0.15) is 0 Å². The molecule has 0 aromatic heterocycles. The summed E-state index contributed by atoms with van der Waals surface area (Å²) in [4.78, 5) is 14.7. The van der Waals surface area contributed by atoms with Crippen LogP contribution in [0.1, 0.15) is 31.1 Å². The second-order valence-electron chi connectivity index (χ2n) is 6.20. The third-order valence-corrected chi connectivity index (χ3v) is 4.27. The van der Waals surface area contributed by atoms with Crippen molar-refractivity contribution in [1.82, 2.24) is 10.2 Å². The van der Waals surface area contributed by atoms with E-state index in [0.717, 1.165) is 19.6 Å². The Bertz CT molecular complexity index is 587. The van der Waals surface area contributed by atoms with Crippen LogP contribution in [-0.2, 0) is 4.74 Å². The van der Waals surface area contributed by atoms with E-state index in [0.29, 0.717) is 35.2 Å². The zero-order chi connectivity index (χ0) is 18.4. The molecular formula is C18H27ClN2O4. The molecule has 7 heteroatoms. The van der Waals surface area contributed by atoms with Crippen LogP contribution < -0.4 is 14.8 Å². The Kier molecular flexibility index (Phi) is 7.35. The molecule has 6 nitrogen and oxygen atoms in total. The van der Waals surface area contributed by atoms with Gasteiger partial charge in [0.1, 0.15) is 0 Å². The van der Waals surface area contributed by atoms with Gasteiger partial charge in [0.05, 0.1) is 30.9 Å². The van der Waals surface area contributed by atoms with Crippen LogP contribution >= 0.6 is 11.6 Å². The molecule has 0 spiro atoms. The Labute approximate surface area is 154 Å². The fourth-order valence-electron chi connectivity index (χ4n) is 3.03. The first-order chi connectivity index (χ1) is 11.9. The number of morpholine rings is 1. The van der Waals surface area contributed by atoms with Crippen LogP contribution in [0.25, 0.3) is 0 Å². The predicted octanol–water partition coefficient (Wildman–Crippen LogP) is 2.59. The monoisotopic (exact) mass is 370 g/mol. The van der Waals surface area contributed by atoms with Crippen LogP contribution in [-0.4, -0.2) is 62.9 Å². The number of hydrogen-bond donors (Lipinski definition) is 1. The number of hydrogen-bond acceptors (Lipinski definition) is 5. The smallest absolute Gasteiger partial charge is 0.251 e. The molecule has 1 aliphatic rings. The van der Waals surface area contributed by atoms with Crippen molar-refractivity contribution in [2.24, 2.45) is 0 Å². The Hall–Kier alpha value is -1.50. The largest absolute Gasteiger partial charge is 0.493 e. The molecule has 2 atom stereocenters. The fraction of sp³-hybridized carbons (Fsp3) is 0.611. The van der Waals surface area contributed by atoms with Gasteiger partial charge in [0, 0.05) is 31.7 Å². The van der Waals surface area contributed by atoms with Crippen molar-refractivity contribution >= 4 is 17.5 Å². The molecule has 0 aliphatic carbocycles. The first kappa shape index (κ1) is 19.8. The minimum Gasteiger partial charge on any atom is -0.493 e. The highest BCUT2D eigenvalue weighted by Gasteiger charge is 2.22. The average Bonchev–Trinajstić information content (AvgIpc) is 2.55. The molecule has 2 unspecified atom stereocenters. The number of methoxy groups -OCH3 is 1. The van der Waals surface area contributed by atoms with Crippen molar-refractivity contribution in [3.05, 3.63) is 22.7 Å². The number of ether oxygens (including phenoxy) is 3. The number of carbonyl (C=O) groups excluding carboxylic acids is 1. The number of benzene rings is 1. The lowest BCUT2D eigenvalue weighted by molar-refractivity contribution is -0.0672. The lowest BCUT2D eigenvalue weighted by Crippen LogP contribution is -2.47. The molecule has 1 N–H and O–H groups in total. The van der Waals surface area contributed by atoms with Gasteiger partial charge in [0.2, 0.25) is 0 Å². The Balaban J connectivity index is 1.93. The topological polar surface area (TPSA) is 60.0 Å². The van der Waals surface area contributed by atoms with E-state index in [1.807, 2.05) is 6.92 Å². The highest BCUT2D eigenvalue weighted by atomic mass is 35.5. The van der Waals surface area contributed by atoms with E-state index in [2.05, 4.69) is 24.1 Å². The average molecular weight is 371 g/mol. The quantitative estimate of drug-likeness (QED) is 0.799. The molecule has 0 radical (unpaired) electrons. The summed E-state index contributed by atoms with van der Waals surface area (Å²) in [5.74, 6) is 0.729. The maximum absolute atomic E-state index is 12.4. The zero-order valence-electron chi connectivity index (χ0n) is 15.3. The molecule has 1 aromatic rings. The first-order valence-electron chi connectivity index (χ1n) is 8.60. The Morgan fingerprint density at radius 3 is 2.64 bits per heavy atom. The van der Waals surface area contributed by atoms with Gasteiger partial charge in [0.15, 0.2) is 11.5 Å². The molecule has 140 valence electrons. The van der Waals surface area contributed by atoms with Crippen molar-refractivity contribution in [3.63, 3.8) is 0 Å². The molecule has 1 heterocycles. The summed E-state index contributed by atoms with van der Waals surface area (Å²) in [5.41, 5.74) is 0.453. The van der Waals surface area contributed by atoms with Crippen LogP contribution in [0.5, 0.6) is 11.5 Å². The summed E-state index contributed by atoms with van der Waals surface area (Å²) >= 11 is 6.22. The molecule has 1 fully saturated rings. The summed E-state index contributed by atoms with van der Waals surface area (Å²) in [7, 11) is 1.52. The van der Waals surface area contributed by atoms with E-state index in [1.165, 1.54) is 7.11 Å². The van der Waals surface area contributed by atoms with E-state index >= 15 is 0 Å². The van der Waals surface area contributed by atoms with Crippen molar-refractivity contribution in [2.45, 2.75) is 33.0 Å². The van der Waals surface area contributed by atoms with Gasteiger partial charge >= 0.3 is 0 Å². The minimum atomic E-state index is -0.183. The second kappa shape index (κ2) is 9.27. The Morgan fingerprint density at radius 1 is 1.36 bits per heavy atom. The number of nitrogens with one attached hydrogen (secondary N) is 1. The third-order valence-electron chi connectivity index (χ3n) is 3.99. The van der Waals surface area contributed by atoms with E-state index < -0.39 is 0 Å². The summed E-state index contributed by atoms with van der Waals surface area (Å²) in [5, 5.41) is 3.29. The summed E-state index contributed by atoms with van der Waals surface area (Å²) in [6, 6.07) is 3.24. The highest BCUT2D eigenvalue weighted by Crippen LogP contribution is 2.36. The molecule has 1 amide bonds. The highest BCUT2D eigenvalue weighted by molar-refractivity contribution is 6.32. The van der Waals surface area contributed by atoms with E-state index in [4.69, 9.17) is 25.8 Å². The number of rotatable bonds is 7. The fourth-order valence-corrected chi connectivity index (χ4v) is 3.30. The number of carbonyl (C=O) groups is 1. The van der Waals surface area contributed by atoms with E-state index in [9.17, 15) is 4.79 Å². The molecule has 2 rings (SSSR count). The van der Waals surface area contributed by atoms with Gasteiger partial charge in [0.25, 0.3) is 5.91 Å². The summed E-state index contributed by atoms with van der Waals surface area (Å²) in [6.07, 6.45) is 0.433. The number of nitrogens with zero attached hydrogens (tertiary/aromatic N) is 1. The number of halogens is 1. The van der Waals surface area contributed by atoms with Crippen LogP contribution in [0, 0.1) is 0 Å². The lowest BCUT2D eigenvalue weighted by atomic mass is 10.2. The lowest BCUT2D eigenvalue weighted by Gasteiger charge is -2.35. The van der Waals surface area contributed by atoms with Crippen LogP contribution in [0.15, 0.2) is 12.1 Å².